The summed E-state index contributed by atoms with van der Waals surface area (Å²) in [6.07, 6.45) is 3.11. The molecule has 1 heterocycles. The third-order valence-corrected chi connectivity index (χ3v) is 7.28. The molecular weight excluding hydrogens is 455 g/mol. The lowest BCUT2D eigenvalue weighted by atomic mass is 9.92. The number of benzene rings is 2. The molecule has 8 heteroatoms. The van der Waals surface area contributed by atoms with E-state index in [-0.39, 0.29) is 17.6 Å². The maximum Gasteiger partial charge on any atom is 0.272 e. The summed E-state index contributed by atoms with van der Waals surface area (Å²) >= 11 is 0. The van der Waals surface area contributed by atoms with Crippen LogP contribution in [0, 0.1) is 17.7 Å². The SMILES string of the molecule is CC(CC(=O)Nc1ccc(-c2c(N)c3ccc(OCC(F)F)cc3n2C2CCC2)cc1F)C1CC1. The molecule has 2 saturated carbocycles. The molecule has 1 amide bonds. The van der Waals surface area contributed by atoms with Crippen molar-refractivity contribution in [3.63, 3.8) is 0 Å². The molecule has 0 spiro atoms. The number of nitrogens with two attached hydrogens (primary N) is 1. The van der Waals surface area contributed by atoms with Crippen LogP contribution < -0.4 is 15.8 Å². The summed E-state index contributed by atoms with van der Waals surface area (Å²) in [6, 6.07) is 10.0. The van der Waals surface area contributed by atoms with Gasteiger partial charge in [0.05, 0.1) is 22.6 Å². The molecule has 5 nitrogen and oxygen atoms in total. The van der Waals surface area contributed by atoms with Gasteiger partial charge in [0.15, 0.2) is 0 Å². The van der Waals surface area contributed by atoms with Gasteiger partial charge in [-0.2, -0.15) is 0 Å². The summed E-state index contributed by atoms with van der Waals surface area (Å²) in [7, 11) is 0. The van der Waals surface area contributed by atoms with Crippen LogP contribution >= 0.6 is 0 Å². The molecule has 1 aromatic heterocycles. The van der Waals surface area contributed by atoms with E-state index in [0.29, 0.717) is 41.0 Å². The summed E-state index contributed by atoms with van der Waals surface area (Å²) in [6.45, 7) is 1.37. The van der Waals surface area contributed by atoms with Gasteiger partial charge in [-0.25, -0.2) is 13.2 Å². The fourth-order valence-corrected chi connectivity index (χ4v) is 4.97. The zero-order valence-corrected chi connectivity index (χ0v) is 19.7. The molecule has 2 aromatic carbocycles. The number of amides is 1. The second-order valence-electron chi connectivity index (χ2n) is 9.86. The Kier molecular flexibility index (Phi) is 6.38. The van der Waals surface area contributed by atoms with Gasteiger partial charge in [0, 0.05) is 29.5 Å². The summed E-state index contributed by atoms with van der Waals surface area (Å²) in [5.74, 6) is 0.527. The van der Waals surface area contributed by atoms with Crippen LogP contribution in [-0.2, 0) is 4.79 Å². The topological polar surface area (TPSA) is 69.3 Å². The van der Waals surface area contributed by atoms with Crippen molar-refractivity contribution in [2.45, 2.75) is 57.9 Å². The molecule has 0 radical (unpaired) electrons. The van der Waals surface area contributed by atoms with Crippen LogP contribution in [0.2, 0.25) is 0 Å². The van der Waals surface area contributed by atoms with Gasteiger partial charge < -0.3 is 20.4 Å². The highest BCUT2D eigenvalue weighted by Crippen LogP contribution is 2.45. The Labute approximate surface area is 202 Å². The van der Waals surface area contributed by atoms with Crippen LogP contribution in [0.5, 0.6) is 5.75 Å². The number of halogens is 3. The molecule has 5 rings (SSSR count). The molecule has 2 aliphatic rings. The molecular formula is C27H30F3N3O2. The highest BCUT2D eigenvalue weighted by Gasteiger charge is 2.30. The van der Waals surface area contributed by atoms with Crippen molar-refractivity contribution in [2.24, 2.45) is 11.8 Å². The summed E-state index contributed by atoms with van der Waals surface area (Å²) in [5.41, 5.74) is 9.26. The molecule has 0 saturated heterocycles. The molecule has 0 bridgehead atoms. The monoisotopic (exact) mass is 485 g/mol. The van der Waals surface area contributed by atoms with Crippen molar-refractivity contribution >= 4 is 28.2 Å². The predicted octanol–water partition coefficient (Wildman–Crippen LogP) is 6.77. The quantitative estimate of drug-likeness (QED) is 0.351. The number of rotatable bonds is 9. The van der Waals surface area contributed by atoms with Crippen molar-refractivity contribution in [1.82, 2.24) is 4.57 Å². The number of nitrogens with one attached hydrogen (secondary N) is 1. The standard InChI is InChI=1S/C27H30F3N3O2/c1-15(16-5-6-16)11-25(34)32-22-10-7-17(12-21(22)28)27-26(31)20-9-8-19(35-14-24(29)30)13-23(20)33(27)18-3-2-4-18/h7-10,12-13,15-16,18,24H,2-6,11,14,31H2,1H3,(H,32,34). The Bertz CT molecular complexity index is 1250. The van der Waals surface area contributed by atoms with Crippen LogP contribution in [-0.4, -0.2) is 23.5 Å². The Morgan fingerprint density at radius 1 is 1.17 bits per heavy atom. The third-order valence-electron chi connectivity index (χ3n) is 7.28. The number of nitrogens with zero attached hydrogens (tertiary/aromatic N) is 1. The Balaban J connectivity index is 1.46. The number of ether oxygens (including phenoxy) is 1. The Hall–Kier alpha value is -3.16. The van der Waals surface area contributed by atoms with E-state index in [1.54, 1.807) is 30.3 Å². The van der Waals surface area contributed by atoms with Crippen molar-refractivity contribution in [2.75, 3.05) is 17.7 Å². The van der Waals surface area contributed by atoms with Crippen molar-refractivity contribution in [1.29, 1.82) is 0 Å². The van der Waals surface area contributed by atoms with Gasteiger partial charge in [-0.05, 0) is 68.2 Å². The number of hydrogen-bond donors (Lipinski definition) is 2. The molecule has 1 unspecified atom stereocenters. The highest BCUT2D eigenvalue weighted by molar-refractivity contribution is 6.02. The molecule has 0 aliphatic heterocycles. The van der Waals surface area contributed by atoms with Crippen LogP contribution in [0.1, 0.15) is 51.5 Å². The first-order valence-electron chi connectivity index (χ1n) is 12.3. The molecule has 3 N–H and O–H groups in total. The van der Waals surface area contributed by atoms with Crippen LogP contribution in [0.3, 0.4) is 0 Å². The fraction of sp³-hybridized carbons (Fsp3) is 0.444. The van der Waals surface area contributed by atoms with E-state index in [9.17, 15) is 13.6 Å². The number of aromatic nitrogens is 1. The molecule has 1 atom stereocenters. The van der Waals surface area contributed by atoms with E-state index in [0.717, 1.165) is 43.0 Å². The average Bonchev–Trinajstić information content (AvgIpc) is 3.59. The van der Waals surface area contributed by atoms with E-state index in [4.69, 9.17) is 10.5 Å². The van der Waals surface area contributed by atoms with E-state index in [1.807, 2.05) is 0 Å². The Morgan fingerprint density at radius 3 is 2.57 bits per heavy atom. The van der Waals surface area contributed by atoms with Crippen LogP contribution in [0.25, 0.3) is 22.2 Å². The summed E-state index contributed by atoms with van der Waals surface area (Å²) < 4.78 is 47.7. The average molecular weight is 486 g/mol. The molecule has 2 fully saturated rings. The third kappa shape index (κ3) is 4.83. The predicted molar refractivity (Wildman–Crippen MR) is 131 cm³/mol. The first-order valence-corrected chi connectivity index (χ1v) is 12.3. The summed E-state index contributed by atoms with van der Waals surface area (Å²) in [4.78, 5) is 12.4. The normalized spacial score (nSPS) is 16.9. The van der Waals surface area contributed by atoms with Gasteiger partial charge in [-0.15, -0.1) is 0 Å². The number of carbonyl (C=O) groups excluding carboxylic acids is 1. The molecule has 35 heavy (non-hydrogen) atoms. The summed E-state index contributed by atoms with van der Waals surface area (Å²) in [5, 5.41) is 3.47. The highest BCUT2D eigenvalue weighted by atomic mass is 19.3. The van der Waals surface area contributed by atoms with Gasteiger partial charge in [0.1, 0.15) is 18.2 Å². The zero-order chi connectivity index (χ0) is 24.7. The molecule has 2 aliphatic carbocycles. The Morgan fingerprint density at radius 2 is 1.94 bits per heavy atom. The first kappa shape index (κ1) is 23.6. The lowest BCUT2D eigenvalue weighted by molar-refractivity contribution is -0.117. The van der Waals surface area contributed by atoms with Crippen molar-refractivity contribution in [3.8, 4) is 17.0 Å². The van der Waals surface area contributed by atoms with E-state index >= 15 is 4.39 Å². The van der Waals surface area contributed by atoms with E-state index in [1.165, 1.54) is 6.07 Å². The number of nitrogen functional groups attached to an aromatic ring is 1. The van der Waals surface area contributed by atoms with E-state index in [2.05, 4.69) is 16.8 Å². The minimum Gasteiger partial charge on any atom is -0.488 e. The second-order valence-corrected chi connectivity index (χ2v) is 9.86. The molecule has 186 valence electrons. The van der Waals surface area contributed by atoms with Crippen molar-refractivity contribution in [3.05, 3.63) is 42.2 Å². The number of anilines is 2. The number of fused-ring (bicyclic) bond motifs is 1. The fourth-order valence-electron chi connectivity index (χ4n) is 4.97. The maximum atomic E-state index is 15.1. The minimum atomic E-state index is -2.57. The lowest BCUT2D eigenvalue weighted by Gasteiger charge is -2.30. The first-order chi connectivity index (χ1) is 16.8. The van der Waals surface area contributed by atoms with Gasteiger partial charge in [-0.1, -0.05) is 13.0 Å². The van der Waals surface area contributed by atoms with Crippen LogP contribution in [0.4, 0.5) is 24.5 Å². The smallest absolute Gasteiger partial charge is 0.272 e. The second kappa shape index (κ2) is 9.47. The lowest BCUT2D eigenvalue weighted by Crippen LogP contribution is -2.18. The van der Waals surface area contributed by atoms with Gasteiger partial charge >= 0.3 is 0 Å². The zero-order valence-electron chi connectivity index (χ0n) is 19.7. The largest absolute Gasteiger partial charge is 0.488 e. The van der Waals surface area contributed by atoms with E-state index < -0.39 is 18.8 Å². The van der Waals surface area contributed by atoms with Crippen LogP contribution in [0.15, 0.2) is 36.4 Å². The maximum absolute atomic E-state index is 15.1. The number of hydrogen-bond acceptors (Lipinski definition) is 3. The number of carbonyl (C=O) groups is 1. The molecule has 3 aromatic rings. The van der Waals surface area contributed by atoms with Gasteiger partial charge in [-0.3, -0.25) is 4.79 Å². The van der Waals surface area contributed by atoms with Gasteiger partial charge in [0.2, 0.25) is 5.91 Å². The van der Waals surface area contributed by atoms with Crippen molar-refractivity contribution < 1.29 is 22.7 Å². The number of alkyl halides is 2. The minimum absolute atomic E-state index is 0.148. The van der Waals surface area contributed by atoms with Gasteiger partial charge in [0.25, 0.3) is 6.43 Å².